The minimum atomic E-state index is -0.136. The van der Waals surface area contributed by atoms with Gasteiger partial charge in [-0.2, -0.15) is 0 Å². The van der Waals surface area contributed by atoms with Gasteiger partial charge >= 0.3 is 0 Å². The van der Waals surface area contributed by atoms with Crippen molar-refractivity contribution in [1.82, 2.24) is 16.0 Å². The maximum atomic E-state index is 6.41. The van der Waals surface area contributed by atoms with E-state index in [1.807, 2.05) is 23.5 Å². The smallest absolute Gasteiger partial charge is 0.143 e. The number of para-hydroxylation sites is 2. The Morgan fingerprint density at radius 3 is 2.00 bits per heavy atom. The summed E-state index contributed by atoms with van der Waals surface area (Å²) in [4.78, 5) is 0. The number of hydrogen-bond acceptors (Lipinski definition) is 6. The lowest BCUT2D eigenvalue weighted by Gasteiger charge is -2.40. The lowest BCUT2D eigenvalue weighted by Crippen LogP contribution is -2.54. The van der Waals surface area contributed by atoms with Crippen molar-refractivity contribution in [2.45, 2.75) is 18.5 Å². The minimum absolute atomic E-state index is 0.0738. The zero-order valence-electron chi connectivity index (χ0n) is 27.4. The summed E-state index contributed by atoms with van der Waals surface area (Å²) < 4.78 is 15.4. The Kier molecular flexibility index (Phi) is 6.48. The predicted octanol–water partition coefficient (Wildman–Crippen LogP) is 11.7. The first-order valence-corrected chi connectivity index (χ1v) is 18.2. The first-order valence-electron chi connectivity index (χ1n) is 17.4. The SMILES string of the molecule is c1ccc(C2NC(c3ccc4oc5ccc(-c6cccc7c6oc6ccccc67)cc5c4c3)NC(c3cccc4sc5ccccc5c34)N2)cc1. The van der Waals surface area contributed by atoms with E-state index in [0.717, 1.165) is 60.6 Å². The predicted molar refractivity (Wildman–Crippen MR) is 210 cm³/mol. The second-order valence-electron chi connectivity index (χ2n) is 13.4. The van der Waals surface area contributed by atoms with E-state index in [0.29, 0.717) is 0 Å². The van der Waals surface area contributed by atoms with Crippen molar-refractivity contribution in [3.8, 4) is 11.1 Å². The Morgan fingerprint density at radius 1 is 0.431 bits per heavy atom. The van der Waals surface area contributed by atoms with Crippen molar-refractivity contribution in [2.24, 2.45) is 0 Å². The second kappa shape index (κ2) is 11.4. The molecular formula is C45H31N3O2S. The van der Waals surface area contributed by atoms with Crippen LogP contribution in [0.2, 0.25) is 0 Å². The number of hydrogen-bond donors (Lipinski definition) is 3. The Hall–Kier alpha value is -5.76. The Balaban J connectivity index is 1.03. The van der Waals surface area contributed by atoms with Crippen LogP contribution in [0, 0.1) is 0 Å². The van der Waals surface area contributed by atoms with Gasteiger partial charge in [0.2, 0.25) is 0 Å². The molecule has 0 aliphatic carbocycles. The highest BCUT2D eigenvalue weighted by Gasteiger charge is 2.31. The summed E-state index contributed by atoms with van der Waals surface area (Å²) in [6, 6.07) is 53.7. The van der Waals surface area contributed by atoms with Crippen molar-refractivity contribution in [1.29, 1.82) is 0 Å². The molecule has 3 unspecified atom stereocenters. The number of benzene rings is 7. The van der Waals surface area contributed by atoms with Crippen LogP contribution in [0.4, 0.5) is 0 Å². The standard InChI is InChI=1S/C45H31N3O2S/c1-2-10-26(11-3-1)43-46-44(48-45(47-43)33-16-9-19-40-41(33)32-13-5-7-18-39(32)51-40)28-21-23-38-35(25-28)34-24-27(20-22-37(34)49-38)29-14-8-15-31-30-12-4-6-17-36(30)50-42(29)31/h1-25,43-48H. The van der Waals surface area contributed by atoms with Crippen LogP contribution in [0.5, 0.6) is 0 Å². The summed E-state index contributed by atoms with van der Waals surface area (Å²) in [5.41, 5.74) is 9.28. The maximum absolute atomic E-state index is 6.41. The van der Waals surface area contributed by atoms with Crippen molar-refractivity contribution >= 4 is 75.4 Å². The molecule has 3 N–H and O–H groups in total. The first kappa shape index (κ1) is 29.0. The third-order valence-electron chi connectivity index (χ3n) is 10.4. The van der Waals surface area contributed by atoms with E-state index in [4.69, 9.17) is 8.83 Å². The molecule has 3 atom stereocenters. The highest BCUT2D eigenvalue weighted by molar-refractivity contribution is 7.25. The summed E-state index contributed by atoms with van der Waals surface area (Å²) in [6.45, 7) is 0. The van der Waals surface area contributed by atoms with Gasteiger partial charge in [0, 0.05) is 47.3 Å². The maximum Gasteiger partial charge on any atom is 0.143 e. The molecule has 0 saturated carbocycles. The van der Waals surface area contributed by atoms with Crippen LogP contribution in [0.3, 0.4) is 0 Å². The molecule has 0 bridgehead atoms. The molecule has 4 heterocycles. The van der Waals surface area contributed by atoms with Gasteiger partial charge in [-0.15, -0.1) is 11.3 Å². The molecule has 5 nitrogen and oxygen atoms in total. The summed E-state index contributed by atoms with van der Waals surface area (Å²) in [6.07, 6.45) is -0.311. The Bertz CT molecular complexity index is 2940. The zero-order chi connectivity index (χ0) is 33.5. The van der Waals surface area contributed by atoms with Crippen molar-refractivity contribution in [2.75, 3.05) is 0 Å². The van der Waals surface area contributed by atoms with E-state index in [1.165, 1.54) is 31.3 Å². The number of rotatable bonds is 4. The van der Waals surface area contributed by atoms with Crippen LogP contribution in [-0.4, -0.2) is 0 Å². The van der Waals surface area contributed by atoms with E-state index in [1.54, 1.807) is 0 Å². The van der Waals surface area contributed by atoms with E-state index in [-0.39, 0.29) is 18.5 Å². The van der Waals surface area contributed by atoms with Crippen LogP contribution in [-0.2, 0) is 0 Å². The normalized spacial score (nSPS) is 18.2. The first-order chi connectivity index (χ1) is 25.2. The molecule has 244 valence electrons. The van der Waals surface area contributed by atoms with Gasteiger partial charge in [-0.1, -0.05) is 109 Å². The third kappa shape index (κ3) is 4.65. The van der Waals surface area contributed by atoms with Gasteiger partial charge in [0.15, 0.2) is 0 Å². The molecular weight excluding hydrogens is 647 g/mol. The van der Waals surface area contributed by atoms with Gasteiger partial charge in [-0.25, -0.2) is 0 Å². The van der Waals surface area contributed by atoms with E-state index in [2.05, 4.69) is 155 Å². The molecule has 10 aromatic rings. The molecule has 51 heavy (non-hydrogen) atoms. The van der Waals surface area contributed by atoms with Crippen LogP contribution < -0.4 is 16.0 Å². The quantitative estimate of drug-likeness (QED) is 0.173. The average Bonchev–Trinajstić information content (AvgIpc) is 3.89. The summed E-state index contributed by atoms with van der Waals surface area (Å²) in [7, 11) is 0. The molecule has 1 aliphatic heterocycles. The average molecular weight is 678 g/mol. The monoisotopic (exact) mass is 677 g/mol. The molecule has 3 aromatic heterocycles. The van der Waals surface area contributed by atoms with Crippen LogP contribution in [0.15, 0.2) is 160 Å². The fourth-order valence-corrected chi connectivity index (χ4v) is 9.15. The molecule has 1 saturated heterocycles. The lowest BCUT2D eigenvalue weighted by atomic mass is 9.98. The zero-order valence-corrected chi connectivity index (χ0v) is 28.2. The molecule has 1 fully saturated rings. The molecule has 6 heteroatoms. The molecule has 0 radical (unpaired) electrons. The highest BCUT2D eigenvalue weighted by Crippen LogP contribution is 2.41. The number of fused-ring (bicyclic) bond motifs is 9. The Morgan fingerprint density at radius 2 is 1.10 bits per heavy atom. The minimum Gasteiger partial charge on any atom is -0.456 e. The number of thiophene rings is 1. The van der Waals surface area contributed by atoms with Crippen molar-refractivity contribution in [3.05, 3.63) is 168 Å². The van der Waals surface area contributed by atoms with Crippen LogP contribution in [0.1, 0.15) is 35.2 Å². The number of furan rings is 2. The molecule has 7 aromatic carbocycles. The molecule has 0 amide bonds. The van der Waals surface area contributed by atoms with Gasteiger partial charge in [0.25, 0.3) is 0 Å². The largest absolute Gasteiger partial charge is 0.456 e. The summed E-state index contributed by atoms with van der Waals surface area (Å²) in [5, 5.41) is 18.7. The van der Waals surface area contributed by atoms with Crippen LogP contribution >= 0.6 is 11.3 Å². The van der Waals surface area contributed by atoms with Gasteiger partial charge in [0.1, 0.15) is 22.3 Å². The van der Waals surface area contributed by atoms with Crippen LogP contribution in [0.25, 0.3) is 75.2 Å². The topological polar surface area (TPSA) is 62.4 Å². The molecule has 0 spiro atoms. The van der Waals surface area contributed by atoms with Crippen molar-refractivity contribution < 1.29 is 8.83 Å². The fraction of sp³-hybridized carbons (Fsp3) is 0.0667. The second-order valence-corrected chi connectivity index (χ2v) is 14.5. The van der Waals surface area contributed by atoms with Crippen molar-refractivity contribution in [3.63, 3.8) is 0 Å². The van der Waals surface area contributed by atoms with Gasteiger partial charge < -0.3 is 8.83 Å². The summed E-state index contributed by atoms with van der Waals surface area (Å²) >= 11 is 1.85. The van der Waals surface area contributed by atoms with Gasteiger partial charge in [0.05, 0.1) is 18.5 Å². The molecule has 11 rings (SSSR count). The third-order valence-corrected chi connectivity index (χ3v) is 11.6. The number of nitrogens with one attached hydrogen (secondary N) is 3. The van der Waals surface area contributed by atoms with Gasteiger partial charge in [-0.3, -0.25) is 16.0 Å². The Labute approximate surface area is 297 Å². The fourth-order valence-electron chi connectivity index (χ4n) is 8.01. The lowest BCUT2D eigenvalue weighted by molar-refractivity contribution is 0.204. The highest BCUT2D eigenvalue weighted by atomic mass is 32.1. The van der Waals surface area contributed by atoms with E-state index >= 15 is 0 Å². The molecule has 1 aliphatic rings. The van der Waals surface area contributed by atoms with E-state index in [9.17, 15) is 0 Å². The van der Waals surface area contributed by atoms with E-state index < -0.39 is 0 Å². The summed E-state index contributed by atoms with van der Waals surface area (Å²) in [5.74, 6) is 0. The van der Waals surface area contributed by atoms with Gasteiger partial charge in [-0.05, 0) is 64.7 Å².